The summed E-state index contributed by atoms with van der Waals surface area (Å²) in [6.07, 6.45) is 1.28. The Kier molecular flexibility index (Phi) is 5.49. The molecule has 0 fully saturated rings. The van der Waals surface area contributed by atoms with Crippen molar-refractivity contribution in [2.24, 2.45) is 5.73 Å². The first-order valence-electron chi connectivity index (χ1n) is 5.87. The average molecular weight is 236 g/mol. The van der Waals surface area contributed by atoms with Crippen LogP contribution in [0.5, 0.6) is 5.75 Å². The third kappa shape index (κ3) is 3.75. The zero-order chi connectivity index (χ0) is 12.7. The van der Waals surface area contributed by atoms with E-state index in [4.69, 9.17) is 10.5 Å². The molecule has 1 aromatic rings. The second-order valence-electron chi connectivity index (χ2n) is 3.74. The molecule has 0 saturated heterocycles. The standard InChI is InChI=1S/C13H20N2O2/c1-3-13(16)15(9-5-8-14)11-6-4-7-12(10-11)17-2/h4,6-7,10H,3,5,8-9,14H2,1-2H3. The molecule has 4 heteroatoms. The van der Waals surface area contributed by atoms with Crippen LogP contribution >= 0.6 is 0 Å². The third-order valence-corrected chi connectivity index (χ3v) is 2.55. The molecule has 0 aliphatic rings. The van der Waals surface area contributed by atoms with Crippen molar-refractivity contribution in [2.45, 2.75) is 19.8 Å². The zero-order valence-electron chi connectivity index (χ0n) is 10.5. The lowest BCUT2D eigenvalue weighted by Gasteiger charge is -2.22. The van der Waals surface area contributed by atoms with E-state index in [1.165, 1.54) is 0 Å². The minimum Gasteiger partial charge on any atom is -0.497 e. The van der Waals surface area contributed by atoms with E-state index in [0.717, 1.165) is 17.9 Å². The third-order valence-electron chi connectivity index (χ3n) is 2.55. The van der Waals surface area contributed by atoms with Crippen molar-refractivity contribution in [1.82, 2.24) is 0 Å². The second-order valence-corrected chi connectivity index (χ2v) is 3.74. The summed E-state index contributed by atoms with van der Waals surface area (Å²) in [5.41, 5.74) is 6.36. The molecule has 0 spiro atoms. The summed E-state index contributed by atoms with van der Waals surface area (Å²) in [5, 5.41) is 0. The van der Waals surface area contributed by atoms with Crippen LogP contribution in [0.3, 0.4) is 0 Å². The molecule has 17 heavy (non-hydrogen) atoms. The van der Waals surface area contributed by atoms with E-state index in [-0.39, 0.29) is 5.91 Å². The highest BCUT2D eigenvalue weighted by atomic mass is 16.5. The molecule has 1 aromatic carbocycles. The Bertz CT molecular complexity index is 366. The van der Waals surface area contributed by atoms with Gasteiger partial charge >= 0.3 is 0 Å². The van der Waals surface area contributed by atoms with Gasteiger partial charge in [0.05, 0.1) is 7.11 Å². The van der Waals surface area contributed by atoms with Gasteiger partial charge < -0.3 is 15.4 Å². The Balaban J connectivity index is 2.90. The van der Waals surface area contributed by atoms with Gasteiger partial charge in [-0.15, -0.1) is 0 Å². The first-order chi connectivity index (χ1) is 8.22. The highest BCUT2D eigenvalue weighted by Crippen LogP contribution is 2.21. The molecule has 1 amide bonds. The molecule has 0 saturated carbocycles. The van der Waals surface area contributed by atoms with Gasteiger partial charge in [0.15, 0.2) is 0 Å². The van der Waals surface area contributed by atoms with Gasteiger partial charge in [0.1, 0.15) is 5.75 Å². The Hall–Kier alpha value is -1.55. The first kappa shape index (κ1) is 13.5. The topological polar surface area (TPSA) is 55.6 Å². The van der Waals surface area contributed by atoms with Crippen molar-refractivity contribution in [1.29, 1.82) is 0 Å². The summed E-state index contributed by atoms with van der Waals surface area (Å²) < 4.78 is 5.16. The second kappa shape index (κ2) is 6.91. The molecule has 94 valence electrons. The highest BCUT2D eigenvalue weighted by Gasteiger charge is 2.13. The SMILES string of the molecule is CCC(=O)N(CCCN)c1cccc(OC)c1. The van der Waals surface area contributed by atoms with Crippen LogP contribution < -0.4 is 15.4 Å². The first-order valence-corrected chi connectivity index (χ1v) is 5.87. The summed E-state index contributed by atoms with van der Waals surface area (Å²) in [6.45, 7) is 3.09. The number of ether oxygens (including phenoxy) is 1. The lowest BCUT2D eigenvalue weighted by molar-refractivity contribution is -0.118. The van der Waals surface area contributed by atoms with Crippen molar-refractivity contribution in [3.63, 3.8) is 0 Å². The van der Waals surface area contributed by atoms with Crippen LogP contribution in [0.1, 0.15) is 19.8 Å². The van der Waals surface area contributed by atoms with Crippen molar-refractivity contribution >= 4 is 11.6 Å². The number of rotatable bonds is 6. The molecule has 1 rings (SSSR count). The quantitative estimate of drug-likeness (QED) is 0.819. The maximum Gasteiger partial charge on any atom is 0.226 e. The van der Waals surface area contributed by atoms with E-state index < -0.39 is 0 Å². The molecule has 0 heterocycles. The average Bonchev–Trinajstić information content (AvgIpc) is 2.39. The smallest absolute Gasteiger partial charge is 0.226 e. The van der Waals surface area contributed by atoms with Crippen LogP contribution in [0, 0.1) is 0 Å². The molecule has 0 radical (unpaired) electrons. The molecule has 0 unspecified atom stereocenters. The van der Waals surface area contributed by atoms with Crippen molar-refractivity contribution in [3.05, 3.63) is 24.3 Å². The largest absolute Gasteiger partial charge is 0.497 e. The Labute approximate surface area is 102 Å². The van der Waals surface area contributed by atoms with Crippen LogP contribution in [0.25, 0.3) is 0 Å². The summed E-state index contributed by atoms with van der Waals surface area (Å²) in [6, 6.07) is 7.52. The molecule has 4 nitrogen and oxygen atoms in total. The van der Waals surface area contributed by atoms with Gasteiger partial charge in [-0.05, 0) is 25.1 Å². The van der Waals surface area contributed by atoms with Gasteiger partial charge in [-0.3, -0.25) is 4.79 Å². The Morgan fingerprint density at radius 1 is 1.47 bits per heavy atom. The molecule has 0 aliphatic heterocycles. The fraction of sp³-hybridized carbons (Fsp3) is 0.462. The van der Waals surface area contributed by atoms with Gasteiger partial charge in [-0.1, -0.05) is 13.0 Å². The van der Waals surface area contributed by atoms with Gasteiger partial charge in [0.2, 0.25) is 5.91 Å². The zero-order valence-corrected chi connectivity index (χ0v) is 10.5. The number of anilines is 1. The Morgan fingerprint density at radius 3 is 2.82 bits per heavy atom. The number of hydrogen-bond acceptors (Lipinski definition) is 3. The number of nitrogens with two attached hydrogens (primary N) is 1. The van der Waals surface area contributed by atoms with Gasteiger partial charge in [0.25, 0.3) is 0 Å². The van der Waals surface area contributed by atoms with E-state index in [9.17, 15) is 4.79 Å². The molecule has 0 aliphatic carbocycles. The highest BCUT2D eigenvalue weighted by molar-refractivity contribution is 5.93. The molecule has 2 N–H and O–H groups in total. The number of hydrogen-bond donors (Lipinski definition) is 1. The minimum atomic E-state index is 0.103. The van der Waals surface area contributed by atoms with E-state index >= 15 is 0 Å². The normalized spacial score (nSPS) is 10.1. The Morgan fingerprint density at radius 2 is 2.24 bits per heavy atom. The molecule has 0 atom stereocenters. The van der Waals surface area contributed by atoms with E-state index in [2.05, 4.69) is 0 Å². The molecular weight excluding hydrogens is 216 g/mol. The minimum absolute atomic E-state index is 0.103. The maximum atomic E-state index is 11.9. The lowest BCUT2D eigenvalue weighted by Crippen LogP contribution is -2.32. The number of nitrogens with zero attached hydrogens (tertiary/aromatic N) is 1. The van der Waals surface area contributed by atoms with Crippen molar-refractivity contribution < 1.29 is 9.53 Å². The summed E-state index contributed by atoms with van der Waals surface area (Å²) in [7, 11) is 1.62. The lowest BCUT2D eigenvalue weighted by atomic mass is 10.2. The van der Waals surface area contributed by atoms with E-state index in [1.807, 2.05) is 31.2 Å². The van der Waals surface area contributed by atoms with Gasteiger partial charge in [0, 0.05) is 24.7 Å². The monoisotopic (exact) mass is 236 g/mol. The molecular formula is C13H20N2O2. The van der Waals surface area contributed by atoms with Gasteiger partial charge in [-0.2, -0.15) is 0 Å². The van der Waals surface area contributed by atoms with Crippen LogP contribution in [0.2, 0.25) is 0 Å². The number of carbonyl (C=O) groups is 1. The number of methoxy groups -OCH3 is 1. The van der Waals surface area contributed by atoms with Crippen LogP contribution in [-0.4, -0.2) is 26.1 Å². The number of benzene rings is 1. The fourth-order valence-electron chi connectivity index (χ4n) is 1.62. The molecule has 0 aromatic heterocycles. The number of carbonyl (C=O) groups excluding carboxylic acids is 1. The van der Waals surface area contributed by atoms with E-state index in [1.54, 1.807) is 12.0 Å². The van der Waals surface area contributed by atoms with Crippen LogP contribution in [-0.2, 0) is 4.79 Å². The maximum absolute atomic E-state index is 11.9. The summed E-state index contributed by atoms with van der Waals surface area (Å²) in [4.78, 5) is 13.6. The van der Waals surface area contributed by atoms with E-state index in [0.29, 0.717) is 19.5 Å². The predicted molar refractivity (Wildman–Crippen MR) is 69.3 cm³/mol. The predicted octanol–water partition coefficient (Wildman–Crippen LogP) is 1.79. The van der Waals surface area contributed by atoms with Crippen LogP contribution in [0.15, 0.2) is 24.3 Å². The van der Waals surface area contributed by atoms with Gasteiger partial charge in [-0.25, -0.2) is 0 Å². The summed E-state index contributed by atoms with van der Waals surface area (Å²) >= 11 is 0. The van der Waals surface area contributed by atoms with Crippen LogP contribution in [0.4, 0.5) is 5.69 Å². The summed E-state index contributed by atoms with van der Waals surface area (Å²) in [5.74, 6) is 0.857. The molecule has 0 bridgehead atoms. The van der Waals surface area contributed by atoms with Crippen molar-refractivity contribution in [2.75, 3.05) is 25.1 Å². The fourth-order valence-corrected chi connectivity index (χ4v) is 1.62. The number of amides is 1. The van der Waals surface area contributed by atoms with Crippen molar-refractivity contribution in [3.8, 4) is 5.75 Å².